The minimum absolute atomic E-state index is 0.00495. The van der Waals surface area contributed by atoms with Crippen molar-refractivity contribution in [3.63, 3.8) is 0 Å². The van der Waals surface area contributed by atoms with Crippen LogP contribution in [0.25, 0.3) is 10.9 Å². The van der Waals surface area contributed by atoms with Gasteiger partial charge in [0.15, 0.2) is 5.82 Å². The highest BCUT2D eigenvalue weighted by Gasteiger charge is 2.34. The van der Waals surface area contributed by atoms with Gasteiger partial charge >= 0.3 is 0 Å². The molecule has 1 saturated carbocycles. The lowest BCUT2D eigenvalue weighted by atomic mass is 9.91. The first-order chi connectivity index (χ1) is 16.3. The maximum atomic E-state index is 13.3. The second-order valence-electron chi connectivity index (χ2n) is 10.6. The van der Waals surface area contributed by atoms with Crippen LogP contribution in [0.1, 0.15) is 101 Å². The number of benzene rings is 1. The Hall–Kier alpha value is -2.54. The monoisotopic (exact) mass is 464 g/mol. The molecule has 1 unspecified atom stereocenters. The Labute approximate surface area is 202 Å². The summed E-state index contributed by atoms with van der Waals surface area (Å²) in [7, 11) is 0. The Morgan fingerprint density at radius 1 is 1.18 bits per heavy atom. The molecule has 2 aromatic heterocycles. The Morgan fingerprint density at radius 2 is 1.91 bits per heavy atom. The summed E-state index contributed by atoms with van der Waals surface area (Å²) < 4.78 is 2.01. The molecule has 0 bridgehead atoms. The second-order valence-corrected chi connectivity index (χ2v) is 10.6. The van der Waals surface area contributed by atoms with Gasteiger partial charge in [0.2, 0.25) is 0 Å². The highest BCUT2D eigenvalue weighted by atomic mass is 16.1. The third-order valence-corrected chi connectivity index (χ3v) is 8.04. The largest absolute Gasteiger partial charge is 0.321 e. The number of nitrogens with one attached hydrogen (secondary N) is 1. The lowest BCUT2D eigenvalue weighted by Crippen LogP contribution is -2.42. The molecule has 0 saturated heterocycles. The molecule has 0 radical (unpaired) electrons. The van der Waals surface area contributed by atoms with Gasteiger partial charge in [-0.3, -0.25) is 9.69 Å². The zero-order valence-corrected chi connectivity index (χ0v) is 21.7. The summed E-state index contributed by atoms with van der Waals surface area (Å²) in [5.74, 6) is 0.906. The molecule has 0 aliphatic heterocycles. The number of pyridine rings is 1. The molecule has 7 nitrogen and oxygen atoms in total. The summed E-state index contributed by atoms with van der Waals surface area (Å²) in [6, 6.07) is 6.81. The molecule has 1 fully saturated rings. The van der Waals surface area contributed by atoms with Crippen LogP contribution in [-0.4, -0.2) is 36.1 Å². The standard InChI is InChI=1S/C27H40N6O/c1-7-23(25-29-30-31-33(25)27(5,6)8-2)32(22-12-10-9-11-13-22)17-21-16-20-15-14-18(3)19(4)24(20)28-26(21)34/h14-16,22-23H,7-13,17H2,1-6H3,(H,28,34). The molecule has 34 heavy (non-hydrogen) atoms. The molecular formula is C27H40N6O. The highest BCUT2D eigenvalue weighted by molar-refractivity contribution is 5.83. The van der Waals surface area contributed by atoms with Gasteiger partial charge in [0.1, 0.15) is 0 Å². The summed E-state index contributed by atoms with van der Waals surface area (Å²) >= 11 is 0. The van der Waals surface area contributed by atoms with E-state index in [-0.39, 0.29) is 17.1 Å². The zero-order chi connectivity index (χ0) is 24.5. The van der Waals surface area contributed by atoms with E-state index < -0.39 is 0 Å². The number of hydrogen-bond donors (Lipinski definition) is 1. The summed E-state index contributed by atoms with van der Waals surface area (Å²) in [4.78, 5) is 19.0. The number of rotatable bonds is 8. The Morgan fingerprint density at radius 3 is 2.59 bits per heavy atom. The van der Waals surface area contributed by atoms with Crippen molar-refractivity contribution in [3.8, 4) is 0 Å². The van der Waals surface area contributed by atoms with E-state index in [0.717, 1.165) is 53.5 Å². The number of hydrogen-bond acceptors (Lipinski definition) is 5. The van der Waals surface area contributed by atoms with Crippen LogP contribution in [0.3, 0.4) is 0 Å². The van der Waals surface area contributed by atoms with Crippen LogP contribution in [0.4, 0.5) is 0 Å². The van der Waals surface area contributed by atoms with Crippen molar-refractivity contribution in [1.82, 2.24) is 30.1 Å². The van der Waals surface area contributed by atoms with Crippen molar-refractivity contribution >= 4 is 10.9 Å². The van der Waals surface area contributed by atoms with E-state index in [1.165, 1.54) is 24.8 Å². The lowest BCUT2D eigenvalue weighted by Gasteiger charge is -2.40. The van der Waals surface area contributed by atoms with Crippen molar-refractivity contribution in [2.75, 3.05) is 0 Å². The van der Waals surface area contributed by atoms with E-state index in [4.69, 9.17) is 0 Å². The van der Waals surface area contributed by atoms with Gasteiger partial charge in [0, 0.05) is 18.2 Å². The predicted octanol–water partition coefficient (Wildman–Crippen LogP) is 5.56. The van der Waals surface area contributed by atoms with Gasteiger partial charge in [-0.2, -0.15) is 0 Å². The third kappa shape index (κ3) is 4.67. The molecule has 184 valence electrons. The maximum absolute atomic E-state index is 13.3. The zero-order valence-electron chi connectivity index (χ0n) is 21.7. The van der Waals surface area contributed by atoms with Crippen LogP contribution in [0, 0.1) is 13.8 Å². The number of aromatic nitrogens is 5. The van der Waals surface area contributed by atoms with E-state index in [0.29, 0.717) is 12.6 Å². The first-order valence-corrected chi connectivity index (χ1v) is 12.9. The lowest BCUT2D eigenvalue weighted by molar-refractivity contribution is 0.0801. The molecule has 1 N–H and O–H groups in total. The second kappa shape index (κ2) is 9.98. The summed E-state index contributed by atoms with van der Waals surface area (Å²) in [5, 5.41) is 14.1. The molecule has 1 aliphatic carbocycles. The molecule has 0 amide bonds. The predicted molar refractivity (Wildman–Crippen MR) is 137 cm³/mol. The van der Waals surface area contributed by atoms with Crippen molar-refractivity contribution in [1.29, 1.82) is 0 Å². The quantitative estimate of drug-likeness (QED) is 0.472. The van der Waals surface area contributed by atoms with Crippen LogP contribution in [0.5, 0.6) is 0 Å². The Kier molecular flexibility index (Phi) is 7.22. The van der Waals surface area contributed by atoms with Crippen LogP contribution in [-0.2, 0) is 12.1 Å². The van der Waals surface area contributed by atoms with Crippen LogP contribution in [0.2, 0.25) is 0 Å². The van der Waals surface area contributed by atoms with Gasteiger partial charge in [-0.15, -0.1) is 5.10 Å². The highest BCUT2D eigenvalue weighted by Crippen LogP contribution is 2.34. The first-order valence-electron chi connectivity index (χ1n) is 12.9. The summed E-state index contributed by atoms with van der Waals surface area (Å²) in [6.07, 6.45) is 7.88. The van der Waals surface area contributed by atoms with Gasteiger partial charge < -0.3 is 4.98 Å². The normalized spacial score (nSPS) is 16.4. The molecular weight excluding hydrogens is 424 g/mol. The van der Waals surface area contributed by atoms with E-state index in [2.05, 4.69) is 85.2 Å². The number of fused-ring (bicyclic) bond motifs is 1. The number of H-pyrrole nitrogens is 1. The van der Waals surface area contributed by atoms with Crippen LogP contribution < -0.4 is 5.56 Å². The van der Waals surface area contributed by atoms with E-state index in [1.807, 2.05) is 4.68 Å². The van der Waals surface area contributed by atoms with E-state index >= 15 is 0 Å². The van der Waals surface area contributed by atoms with Gasteiger partial charge in [-0.1, -0.05) is 45.2 Å². The van der Waals surface area contributed by atoms with E-state index in [9.17, 15) is 4.79 Å². The average Bonchev–Trinajstić information content (AvgIpc) is 3.33. The summed E-state index contributed by atoms with van der Waals surface area (Å²) in [5.41, 5.74) is 3.92. The van der Waals surface area contributed by atoms with Crippen molar-refractivity contribution in [3.05, 3.63) is 51.1 Å². The third-order valence-electron chi connectivity index (χ3n) is 8.04. The minimum Gasteiger partial charge on any atom is -0.321 e. The molecule has 3 aromatic rings. The van der Waals surface area contributed by atoms with E-state index in [1.54, 1.807) is 0 Å². The maximum Gasteiger partial charge on any atom is 0.252 e. The minimum atomic E-state index is -0.166. The van der Waals surface area contributed by atoms with Gasteiger partial charge in [-0.25, -0.2) is 4.68 Å². The molecule has 4 rings (SSSR count). The van der Waals surface area contributed by atoms with Crippen LogP contribution >= 0.6 is 0 Å². The van der Waals surface area contributed by atoms with Crippen LogP contribution in [0.15, 0.2) is 23.0 Å². The number of aromatic amines is 1. The first kappa shape index (κ1) is 24.6. The van der Waals surface area contributed by atoms with Gasteiger partial charge in [-0.05, 0) is 86.4 Å². The number of tetrazole rings is 1. The smallest absolute Gasteiger partial charge is 0.252 e. The fourth-order valence-electron chi connectivity index (χ4n) is 5.34. The molecule has 1 aromatic carbocycles. The molecule has 1 aliphatic rings. The molecule has 7 heteroatoms. The summed E-state index contributed by atoms with van der Waals surface area (Å²) in [6.45, 7) is 13.5. The van der Waals surface area contributed by atoms with Crippen molar-refractivity contribution < 1.29 is 0 Å². The SMILES string of the molecule is CCC(c1nnnn1C(C)(C)CC)N(Cc1cc2ccc(C)c(C)c2[nH]c1=O)C1CCCCC1. The number of nitrogens with zero attached hydrogens (tertiary/aromatic N) is 5. The fraction of sp³-hybridized carbons (Fsp3) is 0.630. The van der Waals surface area contributed by atoms with Crippen molar-refractivity contribution in [2.24, 2.45) is 0 Å². The topological polar surface area (TPSA) is 79.7 Å². The Balaban J connectivity index is 1.77. The average molecular weight is 465 g/mol. The van der Waals surface area contributed by atoms with Crippen molar-refractivity contribution in [2.45, 2.75) is 111 Å². The fourth-order valence-corrected chi connectivity index (χ4v) is 5.34. The Bertz CT molecular complexity index is 1190. The molecule has 0 spiro atoms. The number of aryl methyl sites for hydroxylation is 2. The molecule has 1 atom stereocenters. The van der Waals surface area contributed by atoms with Gasteiger partial charge in [0.25, 0.3) is 5.56 Å². The molecule has 2 heterocycles. The van der Waals surface area contributed by atoms with Gasteiger partial charge in [0.05, 0.1) is 17.1 Å².